The molecular weight excluding hydrogens is 474 g/mol. The Morgan fingerprint density at radius 2 is 1.93 bits per heavy atom. The van der Waals surface area contributed by atoms with E-state index >= 15 is 0 Å². The lowest BCUT2D eigenvalue weighted by molar-refractivity contribution is 0.0963. The van der Waals surface area contributed by atoms with Gasteiger partial charge in [-0.3, -0.25) is 9.79 Å². The smallest absolute Gasteiger partial charge is 0.251 e. The molecular formula is C20H26FIN4O2. The molecule has 0 heterocycles. The second kappa shape index (κ2) is 12.2. The molecule has 0 aliphatic carbocycles. The second-order valence-corrected chi connectivity index (χ2v) is 5.97. The van der Waals surface area contributed by atoms with Crippen LogP contribution in [-0.4, -0.2) is 38.6 Å². The molecule has 0 radical (unpaired) electrons. The SMILES string of the molecule is CN=C(NCc1cccc(C(=O)NC)c1)NCC(C)Oc1cccc(F)c1.I. The number of hydrogen-bond donors (Lipinski definition) is 3. The van der Waals surface area contributed by atoms with Gasteiger partial charge < -0.3 is 20.7 Å². The molecule has 152 valence electrons. The topological polar surface area (TPSA) is 74.8 Å². The fourth-order valence-corrected chi connectivity index (χ4v) is 2.43. The Balaban J connectivity index is 0.00000392. The average Bonchev–Trinajstić information content (AvgIpc) is 2.67. The number of guanidine groups is 1. The minimum atomic E-state index is -0.330. The molecule has 0 saturated heterocycles. The van der Waals surface area contributed by atoms with Gasteiger partial charge in [0.2, 0.25) is 0 Å². The van der Waals surface area contributed by atoms with Gasteiger partial charge in [-0.05, 0) is 36.8 Å². The van der Waals surface area contributed by atoms with Gasteiger partial charge in [-0.2, -0.15) is 0 Å². The number of aliphatic imine (C=N–C) groups is 1. The summed E-state index contributed by atoms with van der Waals surface area (Å²) in [6, 6.07) is 13.4. The van der Waals surface area contributed by atoms with Gasteiger partial charge in [-0.25, -0.2) is 4.39 Å². The molecule has 0 fully saturated rings. The van der Waals surface area contributed by atoms with Gasteiger partial charge in [-0.1, -0.05) is 18.2 Å². The van der Waals surface area contributed by atoms with Crippen LogP contribution in [0.3, 0.4) is 0 Å². The third-order valence-electron chi connectivity index (χ3n) is 3.79. The highest BCUT2D eigenvalue weighted by Crippen LogP contribution is 2.13. The summed E-state index contributed by atoms with van der Waals surface area (Å²) in [6.07, 6.45) is -0.179. The molecule has 0 aliphatic heterocycles. The molecule has 0 spiro atoms. The van der Waals surface area contributed by atoms with Gasteiger partial charge in [0, 0.05) is 32.3 Å². The second-order valence-electron chi connectivity index (χ2n) is 5.97. The lowest BCUT2D eigenvalue weighted by Crippen LogP contribution is -2.41. The van der Waals surface area contributed by atoms with E-state index in [0.717, 1.165) is 5.56 Å². The Hall–Kier alpha value is -2.36. The Bertz CT molecular complexity index is 801. The van der Waals surface area contributed by atoms with E-state index in [4.69, 9.17) is 4.74 Å². The molecule has 1 unspecified atom stereocenters. The largest absolute Gasteiger partial charge is 0.489 e. The van der Waals surface area contributed by atoms with Crippen molar-refractivity contribution in [2.24, 2.45) is 4.99 Å². The summed E-state index contributed by atoms with van der Waals surface area (Å²) in [7, 11) is 3.28. The van der Waals surface area contributed by atoms with Gasteiger partial charge >= 0.3 is 0 Å². The molecule has 2 aromatic carbocycles. The number of hydrogen-bond acceptors (Lipinski definition) is 3. The van der Waals surface area contributed by atoms with Crippen molar-refractivity contribution >= 4 is 35.8 Å². The third-order valence-corrected chi connectivity index (χ3v) is 3.79. The molecule has 2 aromatic rings. The van der Waals surface area contributed by atoms with E-state index in [2.05, 4.69) is 20.9 Å². The summed E-state index contributed by atoms with van der Waals surface area (Å²) in [6.45, 7) is 2.90. The summed E-state index contributed by atoms with van der Waals surface area (Å²) in [5.74, 6) is 0.639. The van der Waals surface area contributed by atoms with E-state index < -0.39 is 0 Å². The molecule has 1 atom stereocenters. The zero-order valence-electron chi connectivity index (χ0n) is 16.2. The molecule has 1 amide bonds. The molecule has 3 N–H and O–H groups in total. The minimum Gasteiger partial charge on any atom is -0.489 e. The quantitative estimate of drug-likeness (QED) is 0.311. The number of nitrogens with zero attached hydrogens (tertiary/aromatic N) is 1. The van der Waals surface area contributed by atoms with Gasteiger partial charge in [0.05, 0.1) is 6.54 Å². The fourth-order valence-electron chi connectivity index (χ4n) is 2.43. The zero-order chi connectivity index (χ0) is 19.6. The Labute approximate surface area is 182 Å². The normalized spacial score (nSPS) is 11.8. The zero-order valence-corrected chi connectivity index (χ0v) is 18.5. The Kier molecular flexibility index (Phi) is 10.3. The number of halogens is 2. The number of benzene rings is 2. The van der Waals surface area contributed by atoms with Crippen molar-refractivity contribution in [1.82, 2.24) is 16.0 Å². The first-order valence-electron chi connectivity index (χ1n) is 8.69. The van der Waals surface area contributed by atoms with Crippen LogP contribution in [0, 0.1) is 5.82 Å². The van der Waals surface area contributed by atoms with Crippen LogP contribution >= 0.6 is 24.0 Å². The van der Waals surface area contributed by atoms with Crippen LogP contribution in [0.25, 0.3) is 0 Å². The lowest BCUT2D eigenvalue weighted by Gasteiger charge is -2.18. The van der Waals surface area contributed by atoms with Gasteiger partial charge in [0.15, 0.2) is 5.96 Å². The van der Waals surface area contributed by atoms with E-state index in [1.54, 1.807) is 32.3 Å². The van der Waals surface area contributed by atoms with Crippen LogP contribution < -0.4 is 20.7 Å². The number of ether oxygens (including phenoxy) is 1. The third kappa shape index (κ3) is 7.71. The maximum atomic E-state index is 13.2. The summed E-state index contributed by atoms with van der Waals surface area (Å²) >= 11 is 0. The molecule has 0 aliphatic rings. The predicted octanol–water partition coefficient (Wildman–Crippen LogP) is 2.94. The van der Waals surface area contributed by atoms with Crippen molar-refractivity contribution in [2.45, 2.75) is 19.6 Å². The van der Waals surface area contributed by atoms with E-state index in [-0.39, 0.29) is 41.8 Å². The van der Waals surface area contributed by atoms with Crippen molar-refractivity contribution in [1.29, 1.82) is 0 Å². The van der Waals surface area contributed by atoms with E-state index in [1.807, 2.05) is 25.1 Å². The van der Waals surface area contributed by atoms with Crippen molar-refractivity contribution in [3.63, 3.8) is 0 Å². The summed E-state index contributed by atoms with van der Waals surface area (Å²) in [5, 5.41) is 8.96. The van der Waals surface area contributed by atoms with Crippen molar-refractivity contribution in [3.05, 3.63) is 65.5 Å². The van der Waals surface area contributed by atoms with Crippen LogP contribution in [0.4, 0.5) is 4.39 Å². The summed E-state index contributed by atoms with van der Waals surface area (Å²) in [4.78, 5) is 15.9. The van der Waals surface area contributed by atoms with Crippen molar-refractivity contribution in [2.75, 3.05) is 20.6 Å². The standard InChI is InChI=1S/C20H25FN4O2.HI/c1-14(27-18-9-5-8-17(21)11-18)12-24-20(23-3)25-13-15-6-4-7-16(10-15)19(26)22-2;/h4-11,14H,12-13H2,1-3H3,(H,22,26)(H2,23,24,25);1H. The van der Waals surface area contributed by atoms with Gasteiger partial charge in [0.1, 0.15) is 17.7 Å². The number of carbonyl (C=O) groups is 1. The van der Waals surface area contributed by atoms with Crippen LogP contribution in [0.15, 0.2) is 53.5 Å². The first-order chi connectivity index (χ1) is 13.0. The van der Waals surface area contributed by atoms with Crippen LogP contribution in [0.2, 0.25) is 0 Å². The molecule has 6 nitrogen and oxygen atoms in total. The Morgan fingerprint density at radius 1 is 1.18 bits per heavy atom. The predicted molar refractivity (Wildman–Crippen MR) is 120 cm³/mol. The Morgan fingerprint density at radius 3 is 2.61 bits per heavy atom. The maximum Gasteiger partial charge on any atom is 0.251 e. The summed E-state index contributed by atoms with van der Waals surface area (Å²) < 4.78 is 18.9. The molecule has 8 heteroatoms. The van der Waals surface area contributed by atoms with Crippen molar-refractivity contribution < 1.29 is 13.9 Å². The van der Waals surface area contributed by atoms with Gasteiger partial charge in [-0.15, -0.1) is 24.0 Å². The van der Waals surface area contributed by atoms with E-state index in [1.165, 1.54) is 12.1 Å². The highest BCUT2D eigenvalue weighted by atomic mass is 127. The molecule has 0 saturated carbocycles. The monoisotopic (exact) mass is 500 g/mol. The van der Waals surface area contributed by atoms with Gasteiger partial charge in [0.25, 0.3) is 5.91 Å². The molecule has 0 aromatic heterocycles. The van der Waals surface area contributed by atoms with E-state index in [9.17, 15) is 9.18 Å². The minimum absolute atomic E-state index is 0. The van der Waals surface area contributed by atoms with E-state index in [0.29, 0.717) is 30.4 Å². The number of rotatable bonds is 7. The molecule has 28 heavy (non-hydrogen) atoms. The highest BCUT2D eigenvalue weighted by molar-refractivity contribution is 14.0. The number of carbonyl (C=O) groups excluding carboxylic acids is 1. The molecule has 2 rings (SSSR count). The first kappa shape index (κ1) is 23.7. The van der Waals surface area contributed by atoms with Crippen molar-refractivity contribution in [3.8, 4) is 5.75 Å². The van der Waals surface area contributed by atoms with Crippen LogP contribution in [-0.2, 0) is 6.54 Å². The van der Waals surface area contributed by atoms with Crippen LogP contribution in [0.1, 0.15) is 22.8 Å². The number of amides is 1. The average molecular weight is 500 g/mol. The fraction of sp³-hybridized carbons (Fsp3) is 0.300. The maximum absolute atomic E-state index is 13.2. The first-order valence-corrected chi connectivity index (χ1v) is 8.69. The highest BCUT2D eigenvalue weighted by Gasteiger charge is 2.07. The van der Waals surface area contributed by atoms with Crippen LogP contribution in [0.5, 0.6) is 5.75 Å². The lowest BCUT2D eigenvalue weighted by atomic mass is 10.1. The number of nitrogens with one attached hydrogen (secondary N) is 3. The molecule has 0 bridgehead atoms. The summed E-state index contributed by atoms with van der Waals surface area (Å²) in [5.41, 5.74) is 1.57.